The minimum atomic E-state index is -0.360. The van der Waals surface area contributed by atoms with E-state index in [4.69, 9.17) is 5.73 Å². The van der Waals surface area contributed by atoms with Crippen LogP contribution in [0.3, 0.4) is 0 Å². The number of nitrogens with two attached hydrogens (primary N) is 1. The predicted molar refractivity (Wildman–Crippen MR) is 117 cm³/mol. The van der Waals surface area contributed by atoms with Gasteiger partial charge in [-0.3, -0.25) is 0 Å². The van der Waals surface area contributed by atoms with E-state index in [-0.39, 0.29) is 16.6 Å². The molecule has 144 valence electrons. The van der Waals surface area contributed by atoms with E-state index in [0.717, 1.165) is 23.1 Å². The average molecular weight is 364 g/mol. The summed E-state index contributed by atoms with van der Waals surface area (Å²) in [7, 11) is 0. The van der Waals surface area contributed by atoms with Gasteiger partial charge in [0.25, 0.3) is 0 Å². The van der Waals surface area contributed by atoms with Gasteiger partial charge in [-0.05, 0) is 36.1 Å². The Hall–Kier alpha value is -2.48. The highest BCUT2D eigenvalue weighted by Gasteiger charge is 2.31. The van der Waals surface area contributed by atoms with Crippen LogP contribution in [-0.4, -0.2) is 5.11 Å². The third-order valence-electron chi connectivity index (χ3n) is 5.60. The molecule has 0 fully saturated rings. The molecule has 0 amide bonds. The van der Waals surface area contributed by atoms with Crippen molar-refractivity contribution in [3.8, 4) is 5.75 Å². The number of benzene rings is 2. The van der Waals surface area contributed by atoms with Crippen LogP contribution in [0.25, 0.3) is 0 Å². The highest BCUT2D eigenvalue weighted by atomic mass is 16.3. The molecule has 0 aliphatic rings. The fourth-order valence-corrected chi connectivity index (χ4v) is 3.58. The van der Waals surface area contributed by atoms with Crippen molar-refractivity contribution in [3.63, 3.8) is 0 Å². The van der Waals surface area contributed by atoms with Gasteiger partial charge in [0.15, 0.2) is 0 Å². The van der Waals surface area contributed by atoms with Crippen molar-refractivity contribution in [2.24, 2.45) is 0 Å². The first-order chi connectivity index (χ1) is 12.7. The fourth-order valence-electron chi connectivity index (χ4n) is 3.58. The van der Waals surface area contributed by atoms with Crippen molar-refractivity contribution in [2.45, 2.75) is 58.8 Å². The molecule has 2 aromatic carbocycles. The van der Waals surface area contributed by atoms with E-state index in [0.29, 0.717) is 5.69 Å². The van der Waals surface area contributed by atoms with Crippen molar-refractivity contribution < 1.29 is 5.11 Å². The lowest BCUT2D eigenvalue weighted by Gasteiger charge is -2.32. The lowest BCUT2D eigenvalue weighted by molar-refractivity contribution is 0.454. The Morgan fingerprint density at radius 1 is 1.04 bits per heavy atom. The van der Waals surface area contributed by atoms with Crippen LogP contribution in [0.15, 0.2) is 66.3 Å². The highest BCUT2D eigenvalue weighted by Crippen LogP contribution is 2.43. The largest absolute Gasteiger partial charge is 0.505 e. The van der Waals surface area contributed by atoms with Crippen molar-refractivity contribution in [1.82, 2.24) is 0 Å². The fraction of sp³-hybridized carbons (Fsp3) is 0.360. The van der Waals surface area contributed by atoms with Crippen molar-refractivity contribution >= 4 is 5.69 Å². The summed E-state index contributed by atoms with van der Waals surface area (Å²) in [6.45, 7) is 12.9. The second-order valence-corrected chi connectivity index (χ2v) is 8.13. The van der Waals surface area contributed by atoms with Crippen molar-refractivity contribution in [3.05, 3.63) is 83.0 Å². The molecule has 0 aromatic heterocycles. The molecule has 0 radical (unpaired) electrons. The minimum absolute atomic E-state index is 0.175. The summed E-state index contributed by atoms with van der Waals surface area (Å²) in [6, 6.07) is 14.3. The van der Waals surface area contributed by atoms with Gasteiger partial charge < -0.3 is 10.8 Å². The Morgan fingerprint density at radius 3 is 2.22 bits per heavy atom. The predicted octanol–water partition coefficient (Wildman–Crippen LogP) is 6.49. The first kappa shape index (κ1) is 20.8. The van der Waals surface area contributed by atoms with Crippen LogP contribution in [0, 0.1) is 0 Å². The molecular formula is C25H33NO. The van der Waals surface area contributed by atoms with Gasteiger partial charge in [0.2, 0.25) is 0 Å². The Labute approximate surface area is 164 Å². The molecule has 2 nitrogen and oxygen atoms in total. The topological polar surface area (TPSA) is 46.2 Å². The molecule has 0 spiro atoms. The van der Waals surface area contributed by atoms with Crippen LogP contribution in [0.1, 0.15) is 64.7 Å². The maximum atomic E-state index is 10.8. The average Bonchev–Trinajstić information content (AvgIpc) is 2.64. The van der Waals surface area contributed by atoms with Gasteiger partial charge in [-0.15, -0.1) is 0 Å². The second-order valence-electron chi connectivity index (χ2n) is 8.13. The van der Waals surface area contributed by atoms with Crippen LogP contribution in [0.2, 0.25) is 0 Å². The van der Waals surface area contributed by atoms with Gasteiger partial charge >= 0.3 is 0 Å². The first-order valence-electron chi connectivity index (χ1n) is 9.68. The third kappa shape index (κ3) is 4.10. The zero-order chi connectivity index (χ0) is 20.2. The normalized spacial score (nSPS) is 13.3. The van der Waals surface area contributed by atoms with Gasteiger partial charge in [-0.2, -0.15) is 0 Å². The molecule has 0 bridgehead atoms. The van der Waals surface area contributed by atoms with E-state index in [9.17, 15) is 5.11 Å². The van der Waals surface area contributed by atoms with Crippen molar-refractivity contribution in [1.29, 1.82) is 0 Å². The number of rotatable bonds is 6. The smallest absolute Gasteiger partial charge is 0.142 e. The number of anilines is 1. The molecule has 0 saturated heterocycles. The highest BCUT2D eigenvalue weighted by molar-refractivity contribution is 5.63. The van der Waals surface area contributed by atoms with Crippen LogP contribution < -0.4 is 5.73 Å². The maximum Gasteiger partial charge on any atom is 0.142 e. The van der Waals surface area contributed by atoms with Crippen molar-refractivity contribution in [2.75, 3.05) is 5.73 Å². The van der Waals surface area contributed by atoms with Gasteiger partial charge in [0, 0.05) is 16.4 Å². The van der Waals surface area contributed by atoms with E-state index in [2.05, 4.69) is 78.0 Å². The molecule has 0 aliphatic carbocycles. The Bertz CT molecular complexity index is 842. The third-order valence-corrected chi connectivity index (χ3v) is 5.60. The molecule has 2 rings (SSSR count). The van der Waals surface area contributed by atoms with E-state index in [1.807, 2.05) is 24.3 Å². The summed E-state index contributed by atoms with van der Waals surface area (Å²) in [5, 5.41) is 10.8. The van der Waals surface area contributed by atoms with Crippen LogP contribution in [-0.2, 0) is 10.8 Å². The van der Waals surface area contributed by atoms with Gasteiger partial charge in [0.1, 0.15) is 5.75 Å². The monoisotopic (exact) mass is 363 g/mol. The summed E-state index contributed by atoms with van der Waals surface area (Å²) in [6.07, 6.45) is 7.51. The van der Waals surface area contributed by atoms with Crippen LogP contribution in [0.5, 0.6) is 5.75 Å². The lowest BCUT2D eigenvalue weighted by Crippen LogP contribution is -2.24. The molecule has 0 aliphatic heterocycles. The molecule has 0 unspecified atom stereocenters. The summed E-state index contributed by atoms with van der Waals surface area (Å²) < 4.78 is 0. The molecule has 3 N–H and O–H groups in total. The van der Waals surface area contributed by atoms with E-state index >= 15 is 0 Å². The Balaban J connectivity index is 2.64. The standard InChI is InChI=1S/C25H33NO/c1-7-9-13-18(8-2)24(3,4)20-16-21(23(27)22(26)17-20)25(5,6)19-14-11-10-12-15-19/h8-17,27H,7,26H2,1-6H3/b13-9-,18-8+. The van der Waals surface area contributed by atoms with Crippen LogP contribution in [0.4, 0.5) is 5.69 Å². The maximum absolute atomic E-state index is 10.8. The van der Waals surface area contributed by atoms with E-state index < -0.39 is 0 Å². The molecule has 0 saturated carbocycles. The number of allylic oxidation sites excluding steroid dienone is 4. The van der Waals surface area contributed by atoms with Crippen LogP contribution >= 0.6 is 0 Å². The van der Waals surface area contributed by atoms with Gasteiger partial charge in [-0.25, -0.2) is 0 Å². The Kier molecular flexibility index (Phi) is 6.20. The number of phenols is 1. The summed E-state index contributed by atoms with van der Waals surface area (Å²) in [5.74, 6) is 0.175. The number of hydrogen-bond acceptors (Lipinski definition) is 2. The lowest BCUT2D eigenvalue weighted by atomic mass is 9.72. The van der Waals surface area contributed by atoms with E-state index in [1.54, 1.807) is 0 Å². The minimum Gasteiger partial charge on any atom is -0.505 e. The number of hydrogen-bond donors (Lipinski definition) is 2. The zero-order valence-electron chi connectivity index (χ0n) is 17.5. The second kappa shape index (κ2) is 8.04. The zero-order valence-corrected chi connectivity index (χ0v) is 17.5. The van der Waals surface area contributed by atoms with Gasteiger partial charge in [-0.1, -0.05) is 89.2 Å². The quantitative estimate of drug-likeness (QED) is 0.350. The number of phenolic OH excluding ortho intramolecular Hbond substituents is 1. The number of nitrogen functional groups attached to an aromatic ring is 1. The summed E-state index contributed by atoms with van der Waals surface area (Å²) >= 11 is 0. The van der Waals surface area contributed by atoms with E-state index in [1.165, 1.54) is 5.57 Å². The SMILES string of the molecule is C/C=C(\C=C/CC)C(C)(C)c1cc(N)c(O)c(C(C)(C)c2ccccc2)c1. The molecule has 27 heavy (non-hydrogen) atoms. The molecule has 0 heterocycles. The summed E-state index contributed by atoms with van der Waals surface area (Å²) in [4.78, 5) is 0. The summed E-state index contributed by atoms with van der Waals surface area (Å²) in [5.41, 5.74) is 10.4. The molecule has 2 aromatic rings. The molecule has 0 atom stereocenters. The van der Waals surface area contributed by atoms with Gasteiger partial charge in [0.05, 0.1) is 5.69 Å². The number of aromatic hydroxyl groups is 1. The first-order valence-corrected chi connectivity index (χ1v) is 9.68. The molecule has 2 heteroatoms. The Morgan fingerprint density at radius 2 is 1.67 bits per heavy atom. The molecular weight excluding hydrogens is 330 g/mol.